The van der Waals surface area contributed by atoms with Crippen LogP contribution >= 0.6 is 0 Å². The number of anilines is 2. The minimum atomic E-state index is -3.59. The molecule has 1 amide bonds. The van der Waals surface area contributed by atoms with Crippen molar-refractivity contribution < 1.29 is 28.0 Å². The van der Waals surface area contributed by atoms with Gasteiger partial charge in [0.25, 0.3) is 5.92 Å². The van der Waals surface area contributed by atoms with E-state index in [1.54, 1.807) is 44.6 Å². The Balaban J connectivity index is 1.31. The standard InChI is InChI=1S/C25H21F2N7O4/c1-12-15(11-30-24-29-9-7-17(33-24)14-4-3-8-28-10-14)21(38-34-12)18-6-5-16(13(2)31-18)32-22(35)19-20(23(36)37)25(19,26)27/h3-10,19-20H,11H2,1-2H3,(H,32,35)(H,36,37)(H,29,30,33)/t19-,20-/m0/s1. The Morgan fingerprint density at radius 1 is 1.05 bits per heavy atom. The molecule has 13 heteroatoms. The van der Waals surface area contributed by atoms with Gasteiger partial charge in [0, 0.05) is 36.3 Å². The highest BCUT2D eigenvalue weighted by molar-refractivity contribution is 6.00. The quantitative estimate of drug-likeness (QED) is 0.312. The number of amides is 1. The molecule has 0 bridgehead atoms. The number of aryl methyl sites for hydroxylation is 2. The van der Waals surface area contributed by atoms with E-state index >= 15 is 0 Å². The molecule has 11 nitrogen and oxygen atoms in total. The van der Waals surface area contributed by atoms with E-state index in [2.05, 4.69) is 35.7 Å². The van der Waals surface area contributed by atoms with Crippen LogP contribution in [0.3, 0.4) is 0 Å². The third-order valence-electron chi connectivity index (χ3n) is 6.20. The van der Waals surface area contributed by atoms with Gasteiger partial charge in [0.15, 0.2) is 5.76 Å². The molecule has 1 aliphatic rings. The van der Waals surface area contributed by atoms with E-state index in [1.807, 2.05) is 12.1 Å². The molecule has 38 heavy (non-hydrogen) atoms. The molecule has 4 heterocycles. The van der Waals surface area contributed by atoms with Gasteiger partial charge in [-0.15, -0.1) is 0 Å². The highest BCUT2D eigenvalue weighted by Crippen LogP contribution is 2.55. The Labute approximate surface area is 214 Å². The van der Waals surface area contributed by atoms with E-state index in [4.69, 9.17) is 9.63 Å². The summed E-state index contributed by atoms with van der Waals surface area (Å²) in [4.78, 5) is 40.5. The molecule has 4 aromatic heterocycles. The lowest BCUT2D eigenvalue weighted by Crippen LogP contribution is -2.19. The van der Waals surface area contributed by atoms with Crippen molar-refractivity contribution in [3.05, 3.63) is 65.9 Å². The summed E-state index contributed by atoms with van der Waals surface area (Å²) in [6.45, 7) is 3.62. The maximum absolute atomic E-state index is 13.7. The zero-order valence-corrected chi connectivity index (χ0v) is 20.1. The molecule has 194 valence electrons. The minimum Gasteiger partial charge on any atom is -0.481 e. The van der Waals surface area contributed by atoms with E-state index in [9.17, 15) is 18.4 Å². The SMILES string of the molecule is Cc1nc(-c2onc(C)c2CNc2nccc(-c3cccnc3)n2)ccc1NC(=O)[C@@H]1[C@@H](C(=O)O)C1(F)F. The number of carbonyl (C=O) groups excluding carboxylic acids is 1. The van der Waals surface area contributed by atoms with Gasteiger partial charge in [-0.05, 0) is 44.2 Å². The second-order valence-electron chi connectivity index (χ2n) is 8.72. The average Bonchev–Trinajstić information content (AvgIpc) is 3.31. The molecule has 0 aliphatic heterocycles. The first-order valence-electron chi connectivity index (χ1n) is 11.5. The van der Waals surface area contributed by atoms with Gasteiger partial charge in [-0.1, -0.05) is 5.16 Å². The van der Waals surface area contributed by atoms with E-state index < -0.39 is 29.6 Å². The topological polar surface area (TPSA) is 156 Å². The molecule has 0 aromatic carbocycles. The van der Waals surface area contributed by atoms with Crippen LogP contribution in [0.5, 0.6) is 0 Å². The molecular formula is C25H21F2N7O4. The minimum absolute atomic E-state index is 0.183. The Kier molecular flexibility index (Phi) is 6.27. The lowest BCUT2D eigenvalue weighted by atomic mass is 10.1. The molecule has 4 aromatic rings. The molecular weight excluding hydrogens is 500 g/mol. The number of nitrogens with zero attached hydrogens (tertiary/aromatic N) is 5. The largest absolute Gasteiger partial charge is 0.481 e. The number of aliphatic carboxylic acids is 1. The molecule has 5 rings (SSSR count). The van der Waals surface area contributed by atoms with Gasteiger partial charge in [-0.2, -0.15) is 0 Å². The van der Waals surface area contributed by atoms with E-state index in [-0.39, 0.29) is 12.2 Å². The lowest BCUT2D eigenvalue weighted by Gasteiger charge is -2.10. The van der Waals surface area contributed by atoms with Crippen LogP contribution in [0.25, 0.3) is 22.7 Å². The Bertz CT molecular complexity index is 1530. The number of pyridine rings is 2. The van der Waals surface area contributed by atoms with Crippen molar-refractivity contribution >= 4 is 23.5 Å². The summed E-state index contributed by atoms with van der Waals surface area (Å²) >= 11 is 0. The van der Waals surface area contributed by atoms with Crippen LogP contribution in [0, 0.1) is 25.7 Å². The third-order valence-corrected chi connectivity index (χ3v) is 6.20. The molecule has 1 fully saturated rings. The Morgan fingerprint density at radius 3 is 2.55 bits per heavy atom. The fraction of sp³-hybridized carbons (Fsp3) is 0.240. The van der Waals surface area contributed by atoms with Gasteiger partial charge in [0.2, 0.25) is 11.9 Å². The molecule has 1 aliphatic carbocycles. The summed E-state index contributed by atoms with van der Waals surface area (Å²) < 4.78 is 32.9. The van der Waals surface area contributed by atoms with Crippen molar-refractivity contribution in [3.8, 4) is 22.7 Å². The van der Waals surface area contributed by atoms with Gasteiger partial charge in [-0.25, -0.2) is 23.7 Å². The number of halogens is 2. The van der Waals surface area contributed by atoms with Crippen LogP contribution in [0.4, 0.5) is 20.4 Å². The predicted molar refractivity (Wildman–Crippen MR) is 130 cm³/mol. The summed E-state index contributed by atoms with van der Waals surface area (Å²) in [6, 6.07) is 8.52. The maximum Gasteiger partial charge on any atom is 0.313 e. The molecule has 0 unspecified atom stereocenters. The highest BCUT2D eigenvalue weighted by Gasteiger charge is 2.76. The first kappa shape index (κ1) is 24.9. The Morgan fingerprint density at radius 2 is 1.87 bits per heavy atom. The monoisotopic (exact) mass is 521 g/mol. The molecule has 0 saturated heterocycles. The summed E-state index contributed by atoms with van der Waals surface area (Å²) in [5.41, 5.74) is 3.77. The van der Waals surface area contributed by atoms with Crippen molar-refractivity contribution in [2.24, 2.45) is 11.8 Å². The van der Waals surface area contributed by atoms with Gasteiger partial charge in [0.1, 0.15) is 17.5 Å². The van der Waals surface area contributed by atoms with Crippen molar-refractivity contribution in [2.45, 2.75) is 26.3 Å². The number of alkyl halides is 2. The fourth-order valence-corrected chi connectivity index (χ4v) is 4.07. The number of hydrogen-bond donors (Lipinski definition) is 3. The number of aromatic nitrogens is 5. The van der Waals surface area contributed by atoms with Gasteiger partial charge >= 0.3 is 5.97 Å². The van der Waals surface area contributed by atoms with Crippen molar-refractivity contribution in [1.29, 1.82) is 0 Å². The predicted octanol–water partition coefficient (Wildman–Crippen LogP) is 3.72. The normalized spacial score (nSPS) is 17.6. The fourth-order valence-electron chi connectivity index (χ4n) is 4.07. The van der Waals surface area contributed by atoms with Gasteiger partial charge in [0.05, 0.1) is 22.8 Å². The number of carbonyl (C=O) groups is 2. The van der Waals surface area contributed by atoms with Crippen molar-refractivity contribution in [3.63, 3.8) is 0 Å². The number of carboxylic acids is 1. The second kappa shape index (κ2) is 9.57. The maximum atomic E-state index is 13.7. The first-order chi connectivity index (χ1) is 18.2. The lowest BCUT2D eigenvalue weighted by molar-refractivity contribution is -0.141. The number of hydrogen-bond acceptors (Lipinski definition) is 9. The first-order valence-corrected chi connectivity index (χ1v) is 11.5. The average molecular weight is 521 g/mol. The van der Waals surface area contributed by atoms with Crippen LogP contribution in [0.1, 0.15) is 17.0 Å². The zero-order valence-electron chi connectivity index (χ0n) is 20.1. The smallest absolute Gasteiger partial charge is 0.313 e. The van der Waals surface area contributed by atoms with E-state index in [0.29, 0.717) is 40.0 Å². The van der Waals surface area contributed by atoms with Gasteiger partial charge < -0.3 is 20.3 Å². The summed E-state index contributed by atoms with van der Waals surface area (Å²) in [5, 5.41) is 18.4. The van der Waals surface area contributed by atoms with Crippen molar-refractivity contribution in [1.82, 2.24) is 25.1 Å². The second-order valence-corrected chi connectivity index (χ2v) is 8.72. The van der Waals surface area contributed by atoms with E-state index in [0.717, 1.165) is 5.56 Å². The Hall–Kier alpha value is -4.81. The zero-order chi connectivity index (χ0) is 27.0. The number of rotatable bonds is 8. The third kappa shape index (κ3) is 4.65. The number of carboxylic acid groups (broad SMARTS) is 1. The summed E-state index contributed by atoms with van der Waals surface area (Å²) in [7, 11) is 0. The molecule has 0 radical (unpaired) electrons. The summed E-state index contributed by atoms with van der Waals surface area (Å²) in [5.74, 6) is -9.57. The molecule has 0 spiro atoms. The van der Waals surface area contributed by atoms with Crippen LogP contribution in [-0.2, 0) is 16.1 Å². The van der Waals surface area contributed by atoms with Crippen LogP contribution in [-0.4, -0.2) is 48.0 Å². The summed E-state index contributed by atoms with van der Waals surface area (Å²) in [6.07, 6.45) is 5.01. The molecule has 2 atom stereocenters. The molecule has 1 saturated carbocycles. The number of nitrogens with one attached hydrogen (secondary N) is 2. The highest BCUT2D eigenvalue weighted by atomic mass is 19.3. The van der Waals surface area contributed by atoms with Crippen molar-refractivity contribution in [2.75, 3.05) is 10.6 Å². The molecule has 3 N–H and O–H groups in total. The van der Waals surface area contributed by atoms with Crippen LogP contribution < -0.4 is 10.6 Å². The van der Waals surface area contributed by atoms with Crippen LogP contribution in [0.2, 0.25) is 0 Å². The van der Waals surface area contributed by atoms with Gasteiger partial charge in [-0.3, -0.25) is 14.6 Å². The van der Waals surface area contributed by atoms with E-state index in [1.165, 1.54) is 6.07 Å². The van der Waals surface area contributed by atoms with Crippen LogP contribution in [0.15, 0.2) is 53.4 Å².